The zero-order valence-electron chi connectivity index (χ0n) is 15.6. The molecule has 144 valence electrons. The van der Waals surface area contributed by atoms with Crippen molar-refractivity contribution in [3.63, 3.8) is 0 Å². The highest BCUT2D eigenvalue weighted by Crippen LogP contribution is 2.40. The lowest BCUT2D eigenvalue weighted by Gasteiger charge is -2.24. The number of nitrogens with zero attached hydrogens (tertiary/aromatic N) is 2. The molecule has 1 amide bonds. The van der Waals surface area contributed by atoms with E-state index in [2.05, 4.69) is 10.4 Å². The minimum absolute atomic E-state index is 0.0546. The number of rotatable bonds is 5. The number of amides is 1. The van der Waals surface area contributed by atoms with Crippen molar-refractivity contribution in [1.29, 1.82) is 0 Å². The van der Waals surface area contributed by atoms with E-state index in [1.54, 1.807) is 30.1 Å². The predicted octanol–water partition coefficient (Wildman–Crippen LogP) is 4.41. The van der Waals surface area contributed by atoms with Crippen LogP contribution in [-0.4, -0.2) is 29.4 Å². The summed E-state index contributed by atoms with van der Waals surface area (Å²) >= 11 is 5.99. The molecule has 0 bridgehead atoms. The Hall–Kier alpha value is -2.99. The lowest BCUT2D eigenvalue weighted by atomic mass is 9.87. The van der Waals surface area contributed by atoms with Crippen LogP contribution < -0.4 is 14.8 Å². The van der Waals surface area contributed by atoms with Gasteiger partial charge in [-0.05, 0) is 48.9 Å². The molecule has 4 rings (SSSR count). The number of aromatic nitrogens is 2. The smallest absolute Gasteiger partial charge is 0.226 e. The SMILES string of the molecule is CCOc1ccc([C@H]2CC(=O)Nc3c2cnn3-c2ccc(Cl)cc2)cc1OC. The molecule has 1 N–H and O–H groups in total. The van der Waals surface area contributed by atoms with Gasteiger partial charge in [-0.25, -0.2) is 4.68 Å². The molecule has 1 aliphatic heterocycles. The van der Waals surface area contributed by atoms with Crippen LogP contribution in [0.15, 0.2) is 48.7 Å². The highest BCUT2D eigenvalue weighted by Gasteiger charge is 2.31. The Morgan fingerprint density at radius 2 is 2.00 bits per heavy atom. The minimum Gasteiger partial charge on any atom is -0.493 e. The molecule has 0 saturated heterocycles. The second-order valence-electron chi connectivity index (χ2n) is 6.48. The molecule has 0 fully saturated rings. The highest BCUT2D eigenvalue weighted by molar-refractivity contribution is 6.30. The normalized spacial score (nSPS) is 15.7. The number of halogens is 1. The largest absolute Gasteiger partial charge is 0.493 e. The van der Waals surface area contributed by atoms with Gasteiger partial charge in [0.15, 0.2) is 11.5 Å². The van der Waals surface area contributed by atoms with Crippen molar-refractivity contribution in [2.24, 2.45) is 0 Å². The minimum atomic E-state index is -0.116. The van der Waals surface area contributed by atoms with E-state index in [1.807, 2.05) is 37.3 Å². The van der Waals surface area contributed by atoms with Gasteiger partial charge in [0.05, 0.1) is 25.6 Å². The summed E-state index contributed by atoms with van der Waals surface area (Å²) in [6.45, 7) is 2.48. The van der Waals surface area contributed by atoms with E-state index in [-0.39, 0.29) is 11.8 Å². The Morgan fingerprint density at radius 3 is 2.71 bits per heavy atom. The molecule has 28 heavy (non-hydrogen) atoms. The van der Waals surface area contributed by atoms with Crippen LogP contribution in [0, 0.1) is 0 Å². The van der Waals surface area contributed by atoms with Gasteiger partial charge >= 0.3 is 0 Å². The summed E-state index contributed by atoms with van der Waals surface area (Å²) in [6, 6.07) is 13.1. The molecule has 2 aromatic carbocycles. The van der Waals surface area contributed by atoms with Crippen LogP contribution in [0.25, 0.3) is 5.69 Å². The number of hydrogen-bond acceptors (Lipinski definition) is 4. The summed E-state index contributed by atoms with van der Waals surface area (Å²) in [5, 5.41) is 8.10. The average molecular weight is 398 g/mol. The Labute approximate surface area is 168 Å². The van der Waals surface area contributed by atoms with Crippen molar-refractivity contribution in [3.8, 4) is 17.2 Å². The molecule has 2 heterocycles. The average Bonchev–Trinajstić information content (AvgIpc) is 3.12. The molecule has 3 aromatic rings. The summed E-state index contributed by atoms with van der Waals surface area (Å²) in [5.41, 5.74) is 2.77. The van der Waals surface area contributed by atoms with Crippen molar-refractivity contribution in [1.82, 2.24) is 9.78 Å². The number of anilines is 1. The van der Waals surface area contributed by atoms with Gasteiger partial charge in [0.25, 0.3) is 0 Å². The molecule has 0 saturated carbocycles. The van der Waals surface area contributed by atoms with Crippen LogP contribution in [0.1, 0.15) is 30.4 Å². The molecule has 0 unspecified atom stereocenters. The molecule has 1 atom stereocenters. The van der Waals surface area contributed by atoms with E-state index in [0.717, 1.165) is 16.8 Å². The van der Waals surface area contributed by atoms with Gasteiger partial charge in [-0.2, -0.15) is 5.10 Å². The Morgan fingerprint density at radius 1 is 1.21 bits per heavy atom. The Balaban J connectivity index is 1.76. The lowest BCUT2D eigenvalue weighted by molar-refractivity contribution is -0.116. The lowest BCUT2D eigenvalue weighted by Crippen LogP contribution is -2.24. The quantitative estimate of drug-likeness (QED) is 0.692. The summed E-state index contributed by atoms with van der Waals surface area (Å²) in [7, 11) is 1.61. The molecule has 0 aliphatic carbocycles. The summed E-state index contributed by atoms with van der Waals surface area (Å²) in [6.07, 6.45) is 2.15. The van der Waals surface area contributed by atoms with E-state index >= 15 is 0 Å². The van der Waals surface area contributed by atoms with Crippen molar-refractivity contribution in [3.05, 3.63) is 64.8 Å². The van der Waals surface area contributed by atoms with Gasteiger partial charge in [-0.15, -0.1) is 0 Å². The number of hydrogen-bond donors (Lipinski definition) is 1. The second kappa shape index (κ2) is 7.56. The van der Waals surface area contributed by atoms with Crippen molar-refractivity contribution in [2.75, 3.05) is 19.0 Å². The Kier molecular flexibility index (Phi) is 4.96. The number of methoxy groups -OCH3 is 1. The number of ether oxygens (including phenoxy) is 2. The molecule has 7 heteroatoms. The van der Waals surface area contributed by atoms with Gasteiger partial charge in [0, 0.05) is 22.9 Å². The number of benzene rings is 2. The van der Waals surface area contributed by atoms with Crippen LogP contribution in [0.4, 0.5) is 5.82 Å². The number of nitrogens with one attached hydrogen (secondary N) is 1. The monoisotopic (exact) mass is 397 g/mol. The predicted molar refractivity (Wildman–Crippen MR) is 108 cm³/mol. The number of carbonyl (C=O) groups is 1. The fourth-order valence-corrected chi connectivity index (χ4v) is 3.60. The fraction of sp³-hybridized carbons (Fsp3) is 0.238. The molecular formula is C21H20ClN3O3. The molecule has 1 aliphatic rings. The molecular weight excluding hydrogens is 378 g/mol. The van der Waals surface area contributed by atoms with Gasteiger partial charge in [-0.3, -0.25) is 4.79 Å². The maximum atomic E-state index is 12.4. The zero-order chi connectivity index (χ0) is 19.7. The van der Waals surface area contributed by atoms with Crippen LogP contribution >= 0.6 is 11.6 Å². The first-order valence-electron chi connectivity index (χ1n) is 9.05. The van der Waals surface area contributed by atoms with Crippen LogP contribution in [0.5, 0.6) is 11.5 Å². The molecule has 6 nitrogen and oxygen atoms in total. The van der Waals surface area contributed by atoms with E-state index < -0.39 is 0 Å². The first-order chi connectivity index (χ1) is 13.6. The van der Waals surface area contributed by atoms with Crippen LogP contribution in [0.3, 0.4) is 0 Å². The highest BCUT2D eigenvalue weighted by atomic mass is 35.5. The van der Waals surface area contributed by atoms with Crippen LogP contribution in [0.2, 0.25) is 5.02 Å². The van der Waals surface area contributed by atoms with E-state index in [0.29, 0.717) is 35.4 Å². The van der Waals surface area contributed by atoms with Crippen molar-refractivity contribution >= 4 is 23.3 Å². The van der Waals surface area contributed by atoms with Crippen molar-refractivity contribution < 1.29 is 14.3 Å². The first kappa shape index (κ1) is 18.4. The number of carbonyl (C=O) groups excluding carboxylic acids is 1. The molecule has 1 aromatic heterocycles. The van der Waals surface area contributed by atoms with E-state index in [1.165, 1.54) is 0 Å². The summed E-state index contributed by atoms with van der Waals surface area (Å²) in [4.78, 5) is 12.4. The Bertz CT molecular complexity index is 1010. The van der Waals surface area contributed by atoms with Gasteiger partial charge in [-0.1, -0.05) is 17.7 Å². The number of fused-ring (bicyclic) bond motifs is 1. The summed E-state index contributed by atoms with van der Waals surface area (Å²) in [5.74, 6) is 1.84. The van der Waals surface area contributed by atoms with Gasteiger partial charge in [0.1, 0.15) is 5.82 Å². The van der Waals surface area contributed by atoms with E-state index in [4.69, 9.17) is 21.1 Å². The third kappa shape index (κ3) is 3.31. The van der Waals surface area contributed by atoms with Crippen LogP contribution in [-0.2, 0) is 4.79 Å². The fourth-order valence-electron chi connectivity index (χ4n) is 3.47. The molecule has 0 radical (unpaired) electrons. The topological polar surface area (TPSA) is 65.4 Å². The van der Waals surface area contributed by atoms with Gasteiger partial charge < -0.3 is 14.8 Å². The van der Waals surface area contributed by atoms with Gasteiger partial charge in [0.2, 0.25) is 5.91 Å². The third-order valence-corrected chi connectivity index (χ3v) is 5.03. The maximum absolute atomic E-state index is 12.4. The summed E-state index contributed by atoms with van der Waals surface area (Å²) < 4.78 is 12.8. The standard InChI is InChI=1S/C21H20ClN3O3/c1-3-28-18-9-4-13(10-19(18)27-2)16-11-20(26)24-21-17(16)12-23-25(21)15-7-5-14(22)6-8-15/h4-10,12,16H,3,11H2,1-2H3,(H,24,26)/t16-/m1/s1. The van der Waals surface area contributed by atoms with Crippen molar-refractivity contribution in [2.45, 2.75) is 19.3 Å². The maximum Gasteiger partial charge on any atom is 0.226 e. The first-order valence-corrected chi connectivity index (χ1v) is 9.43. The van der Waals surface area contributed by atoms with E-state index in [9.17, 15) is 4.79 Å². The zero-order valence-corrected chi connectivity index (χ0v) is 16.4. The second-order valence-corrected chi connectivity index (χ2v) is 6.92. The third-order valence-electron chi connectivity index (χ3n) is 4.78. The molecule has 0 spiro atoms.